The summed E-state index contributed by atoms with van der Waals surface area (Å²) in [5, 5.41) is 2.99. The van der Waals surface area contributed by atoms with Crippen molar-refractivity contribution in [1.29, 1.82) is 0 Å². The molecule has 4 rings (SSSR count). The lowest BCUT2D eigenvalue weighted by molar-refractivity contribution is -0.111. The van der Waals surface area contributed by atoms with Crippen molar-refractivity contribution < 1.29 is 17.8 Å². The normalized spacial score (nSPS) is 20.8. The second kappa shape index (κ2) is 11.1. The van der Waals surface area contributed by atoms with Gasteiger partial charge in [-0.25, -0.2) is 22.0 Å². The van der Waals surface area contributed by atoms with E-state index in [0.29, 0.717) is 12.1 Å². The predicted octanol–water partition coefficient (Wildman–Crippen LogP) is 4.58. The van der Waals surface area contributed by atoms with Crippen LogP contribution in [-0.2, 0) is 16.0 Å². The van der Waals surface area contributed by atoms with E-state index in [4.69, 9.17) is 11.6 Å². The van der Waals surface area contributed by atoms with Gasteiger partial charge < -0.3 is 10.1 Å². The first-order valence-electron chi connectivity index (χ1n) is 9.53. The third-order valence-electron chi connectivity index (χ3n) is 4.76. The maximum atomic E-state index is 12.9. The zero-order valence-electron chi connectivity index (χ0n) is 17.2. The van der Waals surface area contributed by atoms with E-state index in [2.05, 4.69) is 15.0 Å². The number of benzene rings is 1. The first-order chi connectivity index (χ1) is 15.3. The minimum absolute atomic E-state index is 0.145. The summed E-state index contributed by atoms with van der Waals surface area (Å²) in [6.45, 7) is 0. The number of aromatic nitrogens is 1. The molecule has 1 aliphatic heterocycles. The molecule has 0 spiro atoms. The highest BCUT2D eigenvalue weighted by molar-refractivity contribution is 7.80. The molecule has 2 N–H and O–H groups in total. The SMILES string of the molecule is CN1C(C=O)CC(c2ccc(-c3ccc(F)cn3)s2)NS1=O.CNc1ccc(F)c(Cl)c1. The van der Waals surface area contributed by atoms with Gasteiger partial charge in [-0.15, -0.1) is 11.3 Å². The van der Waals surface area contributed by atoms with E-state index >= 15 is 0 Å². The van der Waals surface area contributed by atoms with Crippen LogP contribution in [0.1, 0.15) is 17.3 Å². The Bertz CT molecular complexity index is 1100. The summed E-state index contributed by atoms with van der Waals surface area (Å²) in [6.07, 6.45) is 2.56. The van der Waals surface area contributed by atoms with Crippen molar-refractivity contribution in [1.82, 2.24) is 14.0 Å². The number of anilines is 1. The Morgan fingerprint density at radius 3 is 2.69 bits per heavy atom. The molecule has 1 aromatic carbocycles. The molecular weight excluding hydrogens is 478 g/mol. The second-order valence-corrected chi connectivity index (χ2v) is 9.68. The maximum Gasteiger partial charge on any atom is 0.170 e. The molecule has 1 saturated heterocycles. The van der Waals surface area contributed by atoms with Crippen LogP contribution in [0.4, 0.5) is 14.5 Å². The van der Waals surface area contributed by atoms with E-state index in [1.165, 1.54) is 40.0 Å². The minimum atomic E-state index is -1.39. The fourth-order valence-corrected chi connectivity index (χ4v) is 5.25. The Morgan fingerprint density at radius 1 is 1.28 bits per heavy atom. The van der Waals surface area contributed by atoms with Crippen LogP contribution in [0.5, 0.6) is 0 Å². The summed E-state index contributed by atoms with van der Waals surface area (Å²) in [6, 6.07) is 10.8. The van der Waals surface area contributed by atoms with Gasteiger partial charge in [-0.3, -0.25) is 4.98 Å². The predicted molar refractivity (Wildman–Crippen MR) is 125 cm³/mol. The Labute approximate surface area is 196 Å². The molecule has 11 heteroatoms. The van der Waals surface area contributed by atoms with Gasteiger partial charge in [0.25, 0.3) is 0 Å². The average molecular weight is 499 g/mol. The molecule has 3 aromatic rings. The van der Waals surface area contributed by atoms with Crippen LogP contribution >= 0.6 is 22.9 Å². The van der Waals surface area contributed by atoms with Crippen LogP contribution in [0.15, 0.2) is 48.7 Å². The molecule has 170 valence electrons. The zero-order valence-corrected chi connectivity index (χ0v) is 19.6. The molecule has 3 unspecified atom stereocenters. The van der Waals surface area contributed by atoms with Crippen molar-refractivity contribution in [3.63, 3.8) is 0 Å². The van der Waals surface area contributed by atoms with Gasteiger partial charge in [-0.05, 0) is 48.9 Å². The molecule has 2 aromatic heterocycles. The zero-order chi connectivity index (χ0) is 23.3. The summed E-state index contributed by atoms with van der Waals surface area (Å²) < 4.78 is 41.9. The van der Waals surface area contributed by atoms with Gasteiger partial charge in [0.2, 0.25) is 0 Å². The fraction of sp³-hybridized carbons (Fsp3) is 0.238. The van der Waals surface area contributed by atoms with E-state index in [1.54, 1.807) is 26.2 Å². The quantitative estimate of drug-likeness (QED) is 0.516. The van der Waals surface area contributed by atoms with Crippen molar-refractivity contribution >= 4 is 46.1 Å². The summed E-state index contributed by atoms with van der Waals surface area (Å²) >= 11 is 5.59. The Kier molecular flexibility index (Phi) is 8.44. The molecule has 0 bridgehead atoms. The molecule has 3 atom stereocenters. The third kappa shape index (κ3) is 5.96. The van der Waals surface area contributed by atoms with Gasteiger partial charge in [0.05, 0.1) is 33.9 Å². The van der Waals surface area contributed by atoms with Crippen LogP contribution in [0.25, 0.3) is 10.6 Å². The minimum Gasteiger partial charge on any atom is -0.388 e. The van der Waals surface area contributed by atoms with E-state index in [9.17, 15) is 17.8 Å². The van der Waals surface area contributed by atoms with E-state index in [1.807, 2.05) is 12.1 Å². The van der Waals surface area contributed by atoms with Crippen molar-refractivity contribution in [3.05, 3.63) is 70.2 Å². The lowest BCUT2D eigenvalue weighted by atomic mass is 10.1. The number of halogens is 3. The monoisotopic (exact) mass is 498 g/mol. The average Bonchev–Trinajstić information content (AvgIpc) is 3.28. The Hall–Kier alpha value is -2.24. The number of hydrogen-bond acceptors (Lipinski definition) is 5. The number of thiophene rings is 1. The third-order valence-corrected chi connectivity index (χ3v) is 7.56. The number of aldehydes is 1. The van der Waals surface area contributed by atoms with E-state index in [-0.39, 0.29) is 28.7 Å². The largest absolute Gasteiger partial charge is 0.388 e. The van der Waals surface area contributed by atoms with Gasteiger partial charge in [0.15, 0.2) is 11.2 Å². The summed E-state index contributed by atoms with van der Waals surface area (Å²) in [5.74, 6) is -0.762. The summed E-state index contributed by atoms with van der Waals surface area (Å²) in [4.78, 5) is 17.0. The maximum absolute atomic E-state index is 12.9. The Morgan fingerprint density at radius 2 is 2.06 bits per heavy atom. The molecule has 1 aliphatic rings. The lowest BCUT2D eigenvalue weighted by Gasteiger charge is -2.32. The van der Waals surface area contributed by atoms with Crippen molar-refractivity contribution in [2.75, 3.05) is 19.4 Å². The van der Waals surface area contributed by atoms with Gasteiger partial charge in [0.1, 0.15) is 17.9 Å². The molecule has 0 aliphatic carbocycles. The molecule has 6 nitrogen and oxygen atoms in total. The fourth-order valence-electron chi connectivity index (χ4n) is 2.93. The molecule has 0 radical (unpaired) electrons. The first-order valence-corrected chi connectivity index (χ1v) is 11.8. The molecule has 3 heterocycles. The number of nitrogens with one attached hydrogen (secondary N) is 2. The van der Waals surface area contributed by atoms with Gasteiger partial charge in [-0.1, -0.05) is 11.6 Å². The molecule has 1 fully saturated rings. The van der Waals surface area contributed by atoms with Crippen LogP contribution in [0, 0.1) is 11.6 Å². The standard InChI is InChI=1S/C14H14FN3O2S2.C7H7ClFN/c1-18-10(8-19)6-12(17-22(18)20)14-5-4-13(21-14)11-3-2-9(15)7-16-11;1-10-5-2-3-7(9)6(8)4-5/h2-5,7-8,10,12,17H,6H2,1H3;2-4,10H,1H3. The van der Waals surface area contributed by atoms with Crippen LogP contribution < -0.4 is 10.0 Å². The first kappa shape index (κ1) is 24.4. The lowest BCUT2D eigenvalue weighted by Crippen LogP contribution is -2.48. The van der Waals surface area contributed by atoms with Crippen molar-refractivity contribution in [2.45, 2.75) is 18.5 Å². The Balaban J connectivity index is 0.000000243. The number of pyridine rings is 1. The topological polar surface area (TPSA) is 74.3 Å². The highest BCUT2D eigenvalue weighted by atomic mass is 35.5. The number of nitrogens with zero attached hydrogens (tertiary/aromatic N) is 2. The van der Waals surface area contributed by atoms with Gasteiger partial charge in [0, 0.05) is 24.7 Å². The van der Waals surface area contributed by atoms with Crippen LogP contribution in [0.3, 0.4) is 0 Å². The number of likely N-dealkylation sites (N-methyl/N-ethyl adjacent to an activating group) is 1. The smallest absolute Gasteiger partial charge is 0.170 e. The van der Waals surface area contributed by atoms with Crippen molar-refractivity contribution in [3.8, 4) is 10.6 Å². The highest BCUT2D eigenvalue weighted by Crippen LogP contribution is 2.34. The van der Waals surface area contributed by atoms with Crippen LogP contribution in [0.2, 0.25) is 5.02 Å². The van der Waals surface area contributed by atoms with Crippen molar-refractivity contribution in [2.24, 2.45) is 0 Å². The number of carbonyl (C=O) groups excluding carboxylic acids is 1. The molecule has 0 amide bonds. The van der Waals surface area contributed by atoms with Crippen LogP contribution in [-0.4, -0.2) is 39.9 Å². The van der Waals surface area contributed by atoms with E-state index in [0.717, 1.165) is 21.7 Å². The second-order valence-electron chi connectivity index (χ2n) is 6.85. The van der Waals surface area contributed by atoms with E-state index < -0.39 is 11.2 Å². The number of rotatable bonds is 4. The molecule has 32 heavy (non-hydrogen) atoms. The van der Waals surface area contributed by atoms with Gasteiger partial charge >= 0.3 is 0 Å². The highest BCUT2D eigenvalue weighted by Gasteiger charge is 2.32. The summed E-state index contributed by atoms with van der Waals surface area (Å²) in [7, 11) is 3.41. The summed E-state index contributed by atoms with van der Waals surface area (Å²) in [5.41, 5.74) is 1.50. The molecule has 0 saturated carbocycles. The molecular formula is C21H21ClF2N4O2S2. The number of hydrogen-bond donors (Lipinski definition) is 2. The number of carbonyl (C=O) groups is 1. The van der Waals surface area contributed by atoms with Gasteiger partial charge in [-0.2, -0.15) is 0 Å².